The summed E-state index contributed by atoms with van der Waals surface area (Å²) in [4.78, 5) is 13.9. The molecule has 1 amide bonds. The highest BCUT2D eigenvalue weighted by Crippen LogP contribution is 2.28. The number of aryl methyl sites for hydroxylation is 1. The van der Waals surface area contributed by atoms with Crippen LogP contribution in [0.15, 0.2) is 24.3 Å². The molecule has 1 saturated heterocycles. The number of nitrogens with two attached hydrogens (primary N) is 1. The zero-order chi connectivity index (χ0) is 13.1. The van der Waals surface area contributed by atoms with Crippen LogP contribution in [0, 0.1) is 5.92 Å². The lowest BCUT2D eigenvalue weighted by atomic mass is 10.0. The molecule has 0 aliphatic carbocycles. The number of carbonyl (C=O) groups is 1. The summed E-state index contributed by atoms with van der Waals surface area (Å²) in [5.74, 6) is 0.562. The number of nitrogens with zero attached hydrogens (tertiary/aromatic N) is 1. The van der Waals surface area contributed by atoms with Gasteiger partial charge in [0.05, 0.1) is 6.04 Å². The average molecular weight is 246 g/mol. The second-order valence-electron chi connectivity index (χ2n) is 5.12. The smallest absolute Gasteiger partial charge is 0.223 e. The number of hydrogen-bond donors (Lipinski definition) is 1. The molecule has 2 rings (SSSR count). The summed E-state index contributed by atoms with van der Waals surface area (Å²) in [7, 11) is 0. The van der Waals surface area contributed by atoms with Gasteiger partial charge in [0.15, 0.2) is 0 Å². The number of carbonyl (C=O) groups excluding carboxylic acids is 1. The van der Waals surface area contributed by atoms with Crippen molar-refractivity contribution >= 4 is 5.91 Å². The average Bonchev–Trinajstić information content (AvgIpc) is 2.79. The maximum Gasteiger partial charge on any atom is 0.223 e. The molecule has 2 N–H and O–H groups in total. The van der Waals surface area contributed by atoms with Crippen molar-refractivity contribution in [1.82, 2.24) is 4.90 Å². The zero-order valence-electron chi connectivity index (χ0n) is 11.2. The molecule has 0 radical (unpaired) electrons. The number of rotatable bonds is 4. The van der Waals surface area contributed by atoms with Gasteiger partial charge in [-0.2, -0.15) is 0 Å². The van der Waals surface area contributed by atoms with Gasteiger partial charge >= 0.3 is 0 Å². The Kier molecular flexibility index (Phi) is 4.02. The minimum absolute atomic E-state index is 0.153. The summed E-state index contributed by atoms with van der Waals surface area (Å²) in [5, 5.41) is 0. The highest BCUT2D eigenvalue weighted by Gasteiger charge is 2.32. The third-order valence-electron chi connectivity index (χ3n) is 3.91. The first-order chi connectivity index (χ1) is 8.65. The molecular formula is C15H22N2O. The summed E-state index contributed by atoms with van der Waals surface area (Å²) in [5.41, 5.74) is 8.19. The number of amides is 1. The van der Waals surface area contributed by atoms with Crippen LogP contribution in [0.1, 0.15) is 37.4 Å². The van der Waals surface area contributed by atoms with Crippen LogP contribution in [0.5, 0.6) is 0 Å². The minimum atomic E-state index is 0.153. The van der Waals surface area contributed by atoms with Crippen molar-refractivity contribution in [2.45, 2.75) is 32.7 Å². The van der Waals surface area contributed by atoms with Crippen LogP contribution >= 0.6 is 0 Å². The van der Waals surface area contributed by atoms with Gasteiger partial charge in [0.1, 0.15) is 0 Å². The van der Waals surface area contributed by atoms with Crippen molar-refractivity contribution in [3.63, 3.8) is 0 Å². The highest BCUT2D eigenvalue weighted by molar-refractivity contribution is 5.79. The Morgan fingerprint density at radius 1 is 1.39 bits per heavy atom. The van der Waals surface area contributed by atoms with Gasteiger partial charge in [-0.05, 0) is 36.9 Å². The van der Waals surface area contributed by atoms with E-state index in [1.807, 2.05) is 4.90 Å². The number of hydrogen-bond acceptors (Lipinski definition) is 2. The second kappa shape index (κ2) is 5.53. The van der Waals surface area contributed by atoms with Crippen LogP contribution in [-0.4, -0.2) is 23.9 Å². The molecule has 1 aliphatic heterocycles. The van der Waals surface area contributed by atoms with E-state index >= 15 is 0 Å². The van der Waals surface area contributed by atoms with Crippen LogP contribution < -0.4 is 5.73 Å². The summed E-state index contributed by atoms with van der Waals surface area (Å²) < 4.78 is 0. The van der Waals surface area contributed by atoms with Crippen molar-refractivity contribution in [2.75, 3.05) is 13.1 Å². The van der Waals surface area contributed by atoms with Gasteiger partial charge in [0.2, 0.25) is 5.91 Å². The van der Waals surface area contributed by atoms with E-state index < -0.39 is 0 Å². The van der Waals surface area contributed by atoms with E-state index in [0.717, 1.165) is 13.0 Å². The molecule has 0 aromatic heterocycles. The van der Waals surface area contributed by atoms with E-state index in [2.05, 4.69) is 38.1 Å². The molecule has 3 heteroatoms. The summed E-state index contributed by atoms with van der Waals surface area (Å²) in [6.45, 7) is 5.64. The van der Waals surface area contributed by atoms with E-state index in [1.54, 1.807) is 0 Å². The largest absolute Gasteiger partial charge is 0.336 e. The van der Waals surface area contributed by atoms with E-state index in [-0.39, 0.29) is 11.9 Å². The van der Waals surface area contributed by atoms with Gasteiger partial charge in [-0.25, -0.2) is 0 Å². The first-order valence-corrected chi connectivity index (χ1v) is 6.74. The molecule has 1 aromatic rings. The predicted molar refractivity (Wildman–Crippen MR) is 73.1 cm³/mol. The molecule has 1 aliphatic rings. The van der Waals surface area contributed by atoms with E-state index in [9.17, 15) is 4.79 Å². The molecule has 0 bridgehead atoms. The lowest BCUT2D eigenvalue weighted by Gasteiger charge is -2.25. The number of benzene rings is 1. The molecule has 98 valence electrons. The molecule has 1 heterocycles. The highest BCUT2D eigenvalue weighted by atomic mass is 16.2. The number of likely N-dealkylation sites (tertiary alicyclic amines) is 1. The summed E-state index contributed by atoms with van der Waals surface area (Å²) in [6, 6.07) is 8.71. The van der Waals surface area contributed by atoms with Crippen molar-refractivity contribution in [1.29, 1.82) is 0 Å². The third kappa shape index (κ3) is 2.56. The Morgan fingerprint density at radius 2 is 2.06 bits per heavy atom. The van der Waals surface area contributed by atoms with Crippen LogP contribution in [0.2, 0.25) is 0 Å². The molecule has 1 fully saturated rings. The van der Waals surface area contributed by atoms with Crippen molar-refractivity contribution in [3.8, 4) is 0 Å². The maximum atomic E-state index is 12.0. The molecule has 0 spiro atoms. The van der Waals surface area contributed by atoms with E-state index in [1.165, 1.54) is 11.1 Å². The Balaban J connectivity index is 2.10. The molecule has 3 nitrogen and oxygen atoms in total. The quantitative estimate of drug-likeness (QED) is 0.884. The zero-order valence-corrected chi connectivity index (χ0v) is 11.2. The Bertz CT molecular complexity index is 413. The van der Waals surface area contributed by atoms with Crippen LogP contribution in [0.3, 0.4) is 0 Å². The van der Waals surface area contributed by atoms with Gasteiger partial charge in [-0.1, -0.05) is 31.2 Å². The predicted octanol–water partition coefficient (Wildman–Crippen LogP) is 2.12. The Morgan fingerprint density at radius 3 is 2.56 bits per heavy atom. The standard InChI is InChI=1S/C15H22N2O/c1-3-12-4-6-14(7-5-12)11(2)17-10-13(9-16)8-15(17)18/h4-7,11,13H,3,8-10,16H2,1-2H3. The molecule has 0 saturated carbocycles. The summed E-state index contributed by atoms with van der Waals surface area (Å²) in [6.07, 6.45) is 1.65. The minimum Gasteiger partial charge on any atom is -0.336 e. The van der Waals surface area contributed by atoms with E-state index in [4.69, 9.17) is 5.73 Å². The lowest BCUT2D eigenvalue weighted by Crippen LogP contribution is -2.29. The van der Waals surface area contributed by atoms with Gasteiger partial charge in [0.25, 0.3) is 0 Å². The molecular weight excluding hydrogens is 224 g/mol. The molecule has 1 aromatic carbocycles. The topological polar surface area (TPSA) is 46.3 Å². The van der Waals surface area contributed by atoms with Crippen molar-refractivity contribution in [2.24, 2.45) is 11.7 Å². The fraction of sp³-hybridized carbons (Fsp3) is 0.533. The Hall–Kier alpha value is -1.35. The van der Waals surface area contributed by atoms with Gasteiger partial charge in [-0.15, -0.1) is 0 Å². The first-order valence-electron chi connectivity index (χ1n) is 6.74. The third-order valence-corrected chi connectivity index (χ3v) is 3.91. The normalized spacial score (nSPS) is 21.4. The van der Waals surface area contributed by atoms with Gasteiger partial charge in [0, 0.05) is 13.0 Å². The van der Waals surface area contributed by atoms with E-state index in [0.29, 0.717) is 18.9 Å². The first kappa shape index (κ1) is 13.1. The Labute approximate surface area is 109 Å². The van der Waals surface area contributed by atoms with Crippen LogP contribution in [0.4, 0.5) is 0 Å². The monoisotopic (exact) mass is 246 g/mol. The second-order valence-corrected chi connectivity index (χ2v) is 5.12. The van der Waals surface area contributed by atoms with Crippen LogP contribution in [-0.2, 0) is 11.2 Å². The van der Waals surface area contributed by atoms with Crippen molar-refractivity contribution in [3.05, 3.63) is 35.4 Å². The fourth-order valence-electron chi connectivity index (χ4n) is 2.55. The molecule has 2 atom stereocenters. The maximum absolute atomic E-state index is 12.0. The SMILES string of the molecule is CCc1ccc(C(C)N2CC(CN)CC2=O)cc1. The lowest BCUT2D eigenvalue weighted by molar-refractivity contribution is -0.129. The van der Waals surface area contributed by atoms with Crippen LogP contribution in [0.25, 0.3) is 0 Å². The summed E-state index contributed by atoms with van der Waals surface area (Å²) >= 11 is 0. The van der Waals surface area contributed by atoms with Crippen molar-refractivity contribution < 1.29 is 4.79 Å². The van der Waals surface area contributed by atoms with Gasteiger partial charge in [-0.3, -0.25) is 4.79 Å². The molecule has 18 heavy (non-hydrogen) atoms. The molecule has 2 unspecified atom stereocenters. The fourth-order valence-corrected chi connectivity index (χ4v) is 2.55. The van der Waals surface area contributed by atoms with Gasteiger partial charge < -0.3 is 10.6 Å².